The van der Waals surface area contributed by atoms with Gasteiger partial charge in [-0.15, -0.1) is 0 Å². The minimum absolute atomic E-state index is 0.127. The first-order valence-corrected chi connectivity index (χ1v) is 6.35. The third kappa shape index (κ3) is 3.33. The summed E-state index contributed by atoms with van der Waals surface area (Å²) in [7, 11) is 1.58. The molecule has 2 heterocycles. The number of methoxy groups -OCH3 is 1. The highest BCUT2D eigenvalue weighted by Crippen LogP contribution is 2.18. The Hall–Kier alpha value is -1.82. The summed E-state index contributed by atoms with van der Waals surface area (Å²) >= 11 is 1.47. The normalized spacial score (nSPS) is 10.3. The van der Waals surface area contributed by atoms with Crippen molar-refractivity contribution in [3.05, 3.63) is 46.0 Å². The lowest BCUT2D eigenvalue weighted by molar-refractivity contribution is 0.397. The molecule has 2 rings (SSSR count). The summed E-state index contributed by atoms with van der Waals surface area (Å²) in [4.78, 5) is 22.3. The van der Waals surface area contributed by atoms with E-state index in [9.17, 15) is 4.79 Å². The maximum Gasteiger partial charge on any atom is 0.251 e. The molecule has 5 nitrogen and oxygen atoms in total. The number of thioether (sulfide) groups is 1. The summed E-state index contributed by atoms with van der Waals surface area (Å²) < 4.78 is 4.99. The molecule has 0 aliphatic heterocycles. The number of pyridine rings is 1. The van der Waals surface area contributed by atoms with E-state index in [4.69, 9.17) is 4.74 Å². The van der Waals surface area contributed by atoms with Gasteiger partial charge in [0.1, 0.15) is 0 Å². The largest absolute Gasteiger partial charge is 0.481 e. The number of H-pyrrole nitrogens is 1. The van der Waals surface area contributed by atoms with Crippen LogP contribution >= 0.6 is 11.8 Å². The SMILES string of the molecule is COc1ccc(CSc2nc(C)cc(=O)[nH]2)cn1. The van der Waals surface area contributed by atoms with Crippen molar-refractivity contribution in [2.24, 2.45) is 0 Å². The Morgan fingerprint density at radius 1 is 1.44 bits per heavy atom. The average Bonchev–Trinajstić information content (AvgIpc) is 2.36. The molecule has 0 atom stereocenters. The molecule has 2 aromatic heterocycles. The van der Waals surface area contributed by atoms with E-state index in [2.05, 4.69) is 15.0 Å². The van der Waals surface area contributed by atoms with Crippen molar-refractivity contribution >= 4 is 11.8 Å². The lowest BCUT2D eigenvalue weighted by atomic mass is 10.3. The minimum atomic E-state index is -0.127. The number of ether oxygens (including phenoxy) is 1. The molecule has 0 spiro atoms. The first-order valence-electron chi connectivity index (χ1n) is 5.37. The van der Waals surface area contributed by atoms with Gasteiger partial charge < -0.3 is 9.72 Å². The molecule has 0 fully saturated rings. The zero-order valence-corrected chi connectivity index (χ0v) is 11.0. The van der Waals surface area contributed by atoms with Crippen LogP contribution in [0.5, 0.6) is 5.88 Å². The van der Waals surface area contributed by atoms with Crippen molar-refractivity contribution in [1.82, 2.24) is 15.0 Å². The minimum Gasteiger partial charge on any atom is -0.481 e. The monoisotopic (exact) mass is 263 g/mol. The van der Waals surface area contributed by atoms with Gasteiger partial charge in [-0.25, -0.2) is 9.97 Å². The predicted molar refractivity (Wildman–Crippen MR) is 69.9 cm³/mol. The Labute approximate surface area is 109 Å². The second kappa shape index (κ2) is 5.68. The molecular formula is C12H13N3O2S. The number of hydrogen-bond acceptors (Lipinski definition) is 5. The van der Waals surface area contributed by atoms with E-state index in [-0.39, 0.29) is 5.56 Å². The zero-order valence-electron chi connectivity index (χ0n) is 10.1. The molecule has 1 N–H and O–H groups in total. The molecule has 0 aromatic carbocycles. The molecule has 94 valence electrons. The van der Waals surface area contributed by atoms with Crippen LogP contribution in [0.15, 0.2) is 34.3 Å². The van der Waals surface area contributed by atoms with Gasteiger partial charge in [-0.1, -0.05) is 17.8 Å². The summed E-state index contributed by atoms with van der Waals surface area (Å²) in [6.07, 6.45) is 1.75. The lowest BCUT2D eigenvalue weighted by Crippen LogP contribution is -2.08. The van der Waals surface area contributed by atoms with Gasteiger partial charge in [0.05, 0.1) is 7.11 Å². The number of aromatic nitrogens is 3. The Balaban J connectivity index is 2.04. The van der Waals surface area contributed by atoms with Crippen LogP contribution in [0, 0.1) is 6.92 Å². The summed E-state index contributed by atoms with van der Waals surface area (Å²) in [6, 6.07) is 5.22. The third-order valence-corrected chi connectivity index (χ3v) is 3.17. The number of nitrogens with zero attached hydrogens (tertiary/aromatic N) is 2. The van der Waals surface area contributed by atoms with Crippen LogP contribution in [0.25, 0.3) is 0 Å². The van der Waals surface area contributed by atoms with Crippen LogP contribution in [0.4, 0.5) is 0 Å². The zero-order chi connectivity index (χ0) is 13.0. The Kier molecular flexibility index (Phi) is 3.99. The van der Waals surface area contributed by atoms with Crippen LogP contribution < -0.4 is 10.3 Å². The Morgan fingerprint density at radius 3 is 2.89 bits per heavy atom. The second-order valence-corrected chi connectivity index (χ2v) is 4.65. The van der Waals surface area contributed by atoms with Crippen LogP contribution in [0.3, 0.4) is 0 Å². The van der Waals surface area contributed by atoms with E-state index >= 15 is 0 Å². The first-order chi connectivity index (χ1) is 8.67. The standard InChI is InChI=1S/C12H13N3O2S/c1-8-5-10(16)15-12(14-8)18-7-9-3-4-11(17-2)13-6-9/h3-6H,7H2,1-2H3,(H,14,15,16). The number of hydrogen-bond donors (Lipinski definition) is 1. The number of aryl methyl sites for hydroxylation is 1. The van der Waals surface area contributed by atoms with Gasteiger partial charge in [-0.05, 0) is 12.5 Å². The molecule has 2 aromatic rings. The van der Waals surface area contributed by atoms with Gasteiger partial charge in [0.15, 0.2) is 5.16 Å². The molecule has 0 aliphatic carbocycles. The van der Waals surface area contributed by atoms with Crippen molar-refractivity contribution in [3.63, 3.8) is 0 Å². The summed E-state index contributed by atoms with van der Waals surface area (Å²) in [5, 5.41) is 0.621. The Bertz CT molecular complexity index is 581. The highest BCUT2D eigenvalue weighted by molar-refractivity contribution is 7.98. The van der Waals surface area contributed by atoms with Crippen molar-refractivity contribution in [2.75, 3.05) is 7.11 Å². The third-order valence-electron chi connectivity index (χ3n) is 2.23. The van der Waals surface area contributed by atoms with Gasteiger partial charge in [0.2, 0.25) is 5.88 Å². The summed E-state index contributed by atoms with van der Waals surface area (Å²) in [5.74, 6) is 1.29. The average molecular weight is 263 g/mol. The van der Waals surface area contributed by atoms with Gasteiger partial charge in [-0.3, -0.25) is 4.79 Å². The van der Waals surface area contributed by atoms with Gasteiger partial charge in [0.25, 0.3) is 5.56 Å². The van der Waals surface area contributed by atoms with E-state index in [0.29, 0.717) is 22.5 Å². The lowest BCUT2D eigenvalue weighted by Gasteiger charge is -2.03. The first kappa shape index (κ1) is 12.6. The quantitative estimate of drug-likeness (QED) is 0.672. The van der Waals surface area contributed by atoms with Crippen molar-refractivity contribution in [1.29, 1.82) is 0 Å². The van der Waals surface area contributed by atoms with Crippen molar-refractivity contribution in [2.45, 2.75) is 17.8 Å². The van der Waals surface area contributed by atoms with Crippen molar-refractivity contribution < 1.29 is 4.74 Å². The van der Waals surface area contributed by atoms with Crippen LogP contribution in [0.1, 0.15) is 11.3 Å². The maximum atomic E-state index is 11.3. The summed E-state index contributed by atoms with van der Waals surface area (Å²) in [5.41, 5.74) is 1.64. The molecule has 0 bridgehead atoms. The molecule has 18 heavy (non-hydrogen) atoms. The number of rotatable bonds is 4. The van der Waals surface area contributed by atoms with E-state index in [1.165, 1.54) is 17.8 Å². The molecule has 0 saturated carbocycles. The molecule has 6 heteroatoms. The number of aromatic amines is 1. The van der Waals surface area contributed by atoms with Crippen LogP contribution in [-0.2, 0) is 5.75 Å². The molecule has 0 aliphatic rings. The van der Waals surface area contributed by atoms with Crippen LogP contribution in [-0.4, -0.2) is 22.1 Å². The number of nitrogens with one attached hydrogen (secondary N) is 1. The van der Waals surface area contributed by atoms with E-state index in [1.54, 1.807) is 20.2 Å². The molecule has 0 unspecified atom stereocenters. The molecule has 0 amide bonds. The fraction of sp³-hybridized carbons (Fsp3) is 0.250. The van der Waals surface area contributed by atoms with E-state index in [1.807, 2.05) is 12.1 Å². The maximum absolute atomic E-state index is 11.3. The molecule has 0 saturated heterocycles. The van der Waals surface area contributed by atoms with Crippen LogP contribution in [0.2, 0.25) is 0 Å². The van der Waals surface area contributed by atoms with Gasteiger partial charge >= 0.3 is 0 Å². The molecular weight excluding hydrogens is 250 g/mol. The van der Waals surface area contributed by atoms with E-state index in [0.717, 1.165) is 5.56 Å². The smallest absolute Gasteiger partial charge is 0.251 e. The highest BCUT2D eigenvalue weighted by atomic mass is 32.2. The predicted octanol–water partition coefficient (Wildman–Crippen LogP) is 1.77. The van der Waals surface area contributed by atoms with Gasteiger partial charge in [0, 0.05) is 29.8 Å². The topological polar surface area (TPSA) is 67.9 Å². The fourth-order valence-electron chi connectivity index (χ4n) is 1.39. The van der Waals surface area contributed by atoms with E-state index < -0.39 is 0 Å². The van der Waals surface area contributed by atoms with Crippen molar-refractivity contribution in [3.8, 4) is 5.88 Å². The fourth-order valence-corrected chi connectivity index (χ4v) is 2.24. The highest BCUT2D eigenvalue weighted by Gasteiger charge is 2.01. The van der Waals surface area contributed by atoms with Gasteiger partial charge in [-0.2, -0.15) is 0 Å². The molecule has 0 radical (unpaired) electrons. The second-order valence-electron chi connectivity index (χ2n) is 3.69. The summed E-state index contributed by atoms with van der Waals surface area (Å²) in [6.45, 7) is 1.80. The Morgan fingerprint density at radius 2 is 2.28 bits per heavy atom.